The molecule has 5 nitrogen and oxygen atoms in total. The molecule has 0 bridgehead atoms. The molecule has 4 N–H and O–H groups in total. The summed E-state index contributed by atoms with van der Waals surface area (Å²) in [6.07, 6.45) is 2.70. The van der Waals surface area contributed by atoms with Crippen molar-refractivity contribution < 1.29 is 10.0 Å². The number of nitrogens with two attached hydrogens (primary N) is 1. The molecule has 0 saturated heterocycles. The molecule has 1 amide bonds. The van der Waals surface area contributed by atoms with Gasteiger partial charge in [-0.2, -0.15) is 0 Å². The van der Waals surface area contributed by atoms with Crippen LogP contribution in [0, 0.1) is 5.41 Å². The van der Waals surface area contributed by atoms with Crippen molar-refractivity contribution in [1.82, 2.24) is 5.32 Å². The van der Waals surface area contributed by atoms with E-state index in [4.69, 9.17) is 10.9 Å². The minimum atomic E-state index is -0.929. The number of thiophene rings is 1. The van der Waals surface area contributed by atoms with Gasteiger partial charge < -0.3 is 16.3 Å². The van der Waals surface area contributed by atoms with Crippen molar-refractivity contribution in [1.29, 1.82) is 0 Å². The topological polar surface area (TPSA) is 87.7 Å². The van der Waals surface area contributed by atoms with Crippen molar-refractivity contribution in [2.75, 3.05) is 0 Å². The van der Waals surface area contributed by atoms with E-state index < -0.39 is 5.41 Å². The van der Waals surface area contributed by atoms with Crippen LogP contribution in [0.3, 0.4) is 0 Å². The third-order valence-electron chi connectivity index (χ3n) is 3.49. The van der Waals surface area contributed by atoms with Gasteiger partial charge in [0.25, 0.3) is 0 Å². The Labute approximate surface area is 137 Å². The Morgan fingerprint density at radius 3 is 2.52 bits per heavy atom. The van der Waals surface area contributed by atoms with Gasteiger partial charge in [-0.1, -0.05) is 31.8 Å². The maximum absolute atomic E-state index is 12.7. The van der Waals surface area contributed by atoms with Gasteiger partial charge in [0.05, 0.1) is 6.54 Å². The molecule has 0 unspecified atom stereocenters. The number of hydrogen-bond acceptors (Lipinski definition) is 4. The highest BCUT2D eigenvalue weighted by molar-refractivity contribution is 9.10. The molecule has 0 aliphatic carbocycles. The number of rotatable bonds is 8. The molecule has 7 heteroatoms. The van der Waals surface area contributed by atoms with Gasteiger partial charge >= 0.3 is 0 Å². The minimum absolute atomic E-state index is 0.00561. The first-order chi connectivity index (χ1) is 10.0. The van der Waals surface area contributed by atoms with E-state index in [2.05, 4.69) is 26.4 Å². The molecule has 0 aliphatic rings. The van der Waals surface area contributed by atoms with Crippen LogP contribution in [0.15, 0.2) is 21.1 Å². The zero-order valence-electron chi connectivity index (χ0n) is 12.4. The standard InChI is InChI=1S/C14H22BrN3O2S/c1-3-6-14(7-4-2,12(16)18-20)13(19)17-9-11-10(15)5-8-21-11/h5,8,20H,3-4,6-7,9H2,1-2H3,(H2,16,18)(H,17,19). The van der Waals surface area contributed by atoms with Crippen molar-refractivity contribution in [3.05, 3.63) is 20.8 Å². The summed E-state index contributed by atoms with van der Waals surface area (Å²) >= 11 is 5.01. The summed E-state index contributed by atoms with van der Waals surface area (Å²) in [5.74, 6) is -0.184. The predicted octanol–water partition coefficient (Wildman–Crippen LogP) is 3.46. The van der Waals surface area contributed by atoms with E-state index in [1.165, 1.54) is 0 Å². The van der Waals surface area contributed by atoms with Crippen molar-refractivity contribution in [3.8, 4) is 0 Å². The summed E-state index contributed by atoms with van der Waals surface area (Å²) in [5.41, 5.74) is 4.91. The van der Waals surface area contributed by atoms with Gasteiger partial charge in [0.2, 0.25) is 5.91 Å². The van der Waals surface area contributed by atoms with Crippen molar-refractivity contribution in [3.63, 3.8) is 0 Å². The van der Waals surface area contributed by atoms with Crippen LogP contribution < -0.4 is 11.1 Å². The van der Waals surface area contributed by atoms with Crippen LogP contribution >= 0.6 is 27.3 Å². The van der Waals surface area contributed by atoms with Crippen LogP contribution in [0.25, 0.3) is 0 Å². The zero-order chi connectivity index (χ0) is 15.9. The van der Waals surface area contributed by atoms with Crippen LogP contribution in [-0.2, 0) is 11.3 Å². The quantitative estimate of drug-likeness (QED) is 0.281. The molecule has 0 radical (unpaired) electrons. The molecule has 1 heterocycles. The molecule has 0 fully saturated rings. The third kappa shape index (κ3) is 4.20. The Morgan fingerprint density at radius 1 is 1.48 bits per heavy atom. The van der Waals surface area contributed by atoms with Crippen LogP contribution in [-0.4, -0.2) is 17.0 Å². The third-order valence-corrected chi connectivity index (χ3v) is 5.41. The van der Waals surface area contributed by atoms with E-state index in [0.29, 0.717) is 19.4 Å². The second-order valence-electron chi connectivity index (χ2n) is 4.94. The molecular formula is C14H22BrN3O2S. The SMILES string of the molecule is CCCC(CCC)(C(=O)NCc1sccc1Br)/C(N)=N/O. The van der Waals surface area contributed by atoms with Gasteiger partial charge in [-0.25, -0.2) is 0 Å². The molecular weight excluding hydrogens is 354 g/mol. The van der Waals surface area contributed by atoms with Crippen LogP contribution in [0.1, 0.15) is 44.4 Å². The molecule has 0 aliphatic heterocycles. The zero-order valence-corrected chi connectivity index (χ0v) is 14.8. The Bertz CT molecular complexity index is 496. The molecule has 1 rings (SSSR count). The maximum atomic E-state index is 12.7. The van der Waals surface area contributed by atoms with Gasteiger partial charge in [0.1, 0.15) is 5.41 Å². The summed E-state index contributed by atoms with van der Waals surface area (Å²) in [6.45, 7) is 4.40. The lowest BCUT2D eigenvalue weighted by Crippen LogP contribution is -2.49. The number of carbonyl (C=O) groups excluding carboxylic acids is 1. The maximum Gasteiger partial charge on any atom is 0.234 e. The fourth-order valence-corrected chi connectivity index (χ4v) is 3.89. The molecule has 0 atom stereocenters. The highest BCUT2D eigenvalue weighted by Crippen LogP contribution is 2.31. The van der Waals surface area contributed by atoms with Gasteiger partial charge in [0, 0.05) is 9.35 Å². The van der Waals surface area contributed by atoms with Crippen molar-refractivity contribution >= 4 is 39.0 Å². The largest absolute Gasteiger partial charge is 0.409 e. The van der Waals surface area contributed by atoms with Gasteiger partial charge in [-0.05, 0) is 40.2 Å². The number of carbonyl (C=O) groups is 1. The monoisotopic (exact) mass is 375 g/mol. The van der Waals surface area contributed by atoms with E-state index in [1.54, 1.807) is 11.3 Å². The summed E-state index contributed by atoms with van der Waals surface area (Å²) in [5, 5.41) is 17.0. The normalized spacial score (nSPS) is 12.4. The Balaban J connectivity index is 2.91. The average molecular weight is 376 g/mol. The number of hydrogen-bond donors (Lipinski definition) is 3. The number of amidine groups is 1. The van der Waals surface area contributed by atoms with E-state index in [0.717, 1.165) is 22.2 Å². The molecule has 0 saturated carbocycles. The molecule has 21 heavy (non-hydrogen) atoms. The highest BCUT2D eigenvalue weighted by atomic mass is 79.9. The van der Waals surface area contributed by atoms with Crippen LogP contribution in [0.5, 0.6) is 0 Å². The van der Waals surface area contributed by atoms with E-state index in [-0.39, 0.29) is 11.7 Å². The number of nitrogens with one attached hydrogen (secondary N) is 1. The molecule has 0 aromatic carbocycles. The second kappa shape index (κ2) is 8.38. The lowest BCUT2D eigenvalue weighted by molar-refractivity contribution is -0.128. The summed E-state index contributed by atoms with van der Waals surface area (Å²) in [6, 6.07) is 1.95. The second-order valence-corrected chi connectivity index (χ2v) is 6.80. The summed E-state index contributed by atoms with van der Waals surface area (Å²) in [7, 11) is 0. The van der Waals surface area contributed by atoms with Crippen molar-refractivity contribution in [2.45, 2.75) is 46.1 Å². The van der Waals surface area contributed by atoms with Gasteiger partial charge in [-0.15, -0.1) is 11.3 Å². The molecule has 118 valence electrons. The van der Waals surface area contributed by atoms with Crippen LogP contribution in [0.4, 0.5) is 0 Å². The fourth-order valence-electron chi connectivity index (χ4n) is 2.45. The summed E-state index contributed by atoms with van der Waals surface area (Å²) in [4.78, 5) is 13.7. The van der Waals surface area contributed by atoms with Crippen LogP contribution in [0.2, 0.25) is 0 Å². The first kappa shape index (κ1) is 18.0. The fraction of sp³-hybridized carbons (Fsp3) is 0.571. The van der Waals surface area contributed by atoms with Gasteiger partial charge in [-0.3, -0.25) is 4.79 Å². The predicted molar refractivity (Wildman–Crippen MR) is 89.5 cm³/mol. The van der Waals surface area contributed by atoms with Crippen molar-refractivity contribution in [2.24, 2.45) is 16.3 Å². The molecule has 1 aromatic heterocycles. The van der Waals surface area contributed by atoms with E-state index in [9.17, 15) is 4.79 Å². The first-order valence-corrected chi connectivity index (χ1v) is 8.67. The van der Waals surface area contributed by atoms with E-state index in [1.807, 2.05) is 25.3 Å². The molecule has 1 aromatic rings. The Morgan fingerprint density at radius 2 is 2.10 bits per heavy atom. The number of nitrogens with zero attached hydrogens (tertiary/aromatic N) is 1. The van der Waals surface area contributed by atoms with E-state index >= 15 is 0 Å². The lowest BCUT2D eigenvalue weighted by Gasteiger charge is -2.30. The number of oxime groups is 1. The average Bonchev–Trinajstić information content (AvgIpc) is 2.88. The lowest BCUT2D eigenvalue weighted by atomic mass is 9.77. The summed E-state index contributed by atoms with van der Waals surface area (Å²) < 4.78 is 0.980. The smallest absolute Gasteiger partial charge is 0.234 e. The Kier molecular flexibility index (Phi) is 7.17. The first-order valence-electron chi connectivity index (χ1n) is 7.00. The minimum Gasteiger partial charge on any atom is -0.409 e. The Hall–Kier alpha value is -1.08. The number of halogens is 1. The number of amides is 1. The van der Waals surface area contributed by atoms with Gasteiger partial charge in [0.15, 0.2) is 5.84 Å². The molecule has 0 spiro atoms. The highest BCUT2D eigenvalue weighted by Gasteiger charge is 2.41.